The molecule has 2 heterocycles. The molecule has 0 aromatic rings. The molecule has 0 bridgehead atoms. The molecular weight excluding hydrogens is 158 g/mol. The van der Waals surface area contributed by atoms with E-state index in [2.05, 4.69) is 25.3 Å². The summed E-state index contributed by atoms with van der Waals surface area (Å²) in [4.78, 5) is 2.68. The molecule has 0 unspecified atom stereocenters. The summed E-state index contributed by atoms with van der Waals surface area (Å²) in [5, 5.41) is 0. The van der Waals surface area contributed by atoms with Crippen LogP contribution in [-0.2, 0) is 0 Å². The van der Waals surface area contributed by atoms with Gasteiger partial charge < -0.3 is 0 Å². The second-order valence-electron chi connectivity index (χ2n) is 5.27. The smallest absolute Gasteiger partial charge is 0.0253 e. The lowest BCUT2D eigenvalue weighted by atomic mass is 9.84. The zero-order valence-electron chi connectivity index (χ0n) is 8.97. The molecule has 2 saturated heterocycles. The molecule has 2 rings (SSSR count). The van der Waals surface area contributed by atoms with Gasteiger partial charge in [0.25, 0.3) is 0 Å². The first kappa shape index (κ1) is 9.26. The van der Waals surface area contributed by atoms with Gasteiger partial charge in [-0.1, -0.05) is 26.0 Å². The molecule has 13 heavy (non-hydrogen) atoms. The lowest BCUT2D eigenvalue weighted by Crippen LogP contribution is -2.39. The highest BCUT2D eigenvalue weighted by molar-refractivity contribution is 5.17. The summed E-state index contributed by atoms with van der Waals surface area (Å²) in [5.41, 5.74) is 1.99. The van der Waals surface area contributed by atoms with E-state index in [1.54, 1.807) is 0 Å². The number of nitrogens with zero attached hydrogens (tertiary/aromatic N) is 1. The van der Waals surface area contributed by atoms with Gasteiger partial charge in [-0.25, -0.2) is 0 Å². The largest absolute Gasteiger partial charge is 0.293 e. The van der Waals surface area contributed by atoms with Crippen LogP contribution in [0.5, 0.6) is 0 Å². The van der Waals surface area contributed by atoms with E-state index in [1.807, 2.05) is 0 Å². The van der Waals surface area contributed by atoms with E-state index in [1.165, 1.54) is 44.3 Å². The zero-order chi connectivity index (χ0) is 9.47. The second-order valence-corrected chi connectivity index (χ2v) is 5.27. The minimum atomic E-state index is 0.533. The summed E-state index contributed by atoms with van der Waals surface area (Å²) >= 11 is 0. The van der Waals surface area contributed by atoms with Crippen molar-refractivity contribution < 1.29 is 0 Å². The summed E-state index contributed by atoms with van der Waals surface area (Å²) in [7, 11) is 0. The molecule has 1 atom stereocenters. The lowest BCUT2D eigenvalue weighted by Gasteiger charge is -2.33. The molecule has 0 amide bonds. The fourth-order valence-corrected chi connectivity index (χ4v) is 3.30. The third-order valence-electron chi connectivity index (χ3n) is 3.52. The molecule has 2 fully saturated rings. The van der Waals surface area contributed by atoms with Gasteiger partial charge in [0, 0.05) is 12.1 Å². The maximum Gasteiger partial charge on any atom is 0.0253 e. The summed E-state index contributed by atoms with van der Waals surface area (Å²) in [5.74, 6) is 0.825. The Balaban J connectivity index is 2.13. The normalized spacial score (nSPS) is 34.5. The SMILES string of the molecule is C=C1CN2CCC[C@@]2(CC(C)C)C1. The maximum absolute atomic E-state index is 4.15. The molecule has 0 N–H and O–H groups in total. The molecule has 0 radical (unpaired) electrons. The first-order chi connectivity index (χ1) is 6.12. The third kappa shape index (κ3) is 1.54. The van der Waals surface area contributed by atoms with Gasteiger partial charge in [0.1, 0.15) is 0 Å². The molecule has 2 aliphatic heterocycles. The van der Waals surface area contributed by atoms with Crippen molar-refractivity contribution in [2.24, 2.45) is 5.92 Å². The van der Waals surface area contributed by atoms with Gasteiger partial charge in [0.2, 0.25) is 0 Å². The average Bonchev–Trinajstić information content (AvgIpc) is 2.40. The molecule has 0 spiro atoms. The minimum absolute atomic E-state index is 0.533. The molecule has 0 saturated carbocycles. The fourth-order valence-electron chi connectivity index (χ4n) is 3.30. The Morgan fingerprint density at radius 1 is 1.54 bits per heavy atom. The van der Waals surface area contributed by atoms with Crippen LogP contribution in [-0.4, -0.2) is 23.5 Å². The standard InChI is InChI=1S/C12H21N/c1-10(2)7-12-5-4-6-13(12)9-11(3)8-12/h10H,3-9H2,1-2H3/t12-/m1/s1. The highest BCUT2D eigenvalue weighted by atomic mass is 15.2. The molecule has 0 aromatic heterocycles. The van der Waals surface area contributed by atoms with Crippen LogP contribution in [0.2, 0.25) is 0 Å². The van der Waals surface area contributed by atoms with E-state index in [0.717, 1.165) is 5.92 Å². The summed E-state index contributed by atoms with van der Waals surface area (Å²) in [6, 6.07) is 0. The highest BCUT2D eigenvalue weighted by Crippen LogP contribution is 2.44. The average molecular weight is 179 g/mol. The molecule has 0 aromatic carbocycles. The van der Waals surface area contributed by atoms with Crippen LogP contribution in [0.4, 0.5) is 0 Å². The molecular formula is C12H21N. The van der Waals surface area contributed by atoms with E-state index in [-0.39, 0.29) is 0 Å². The van der Waals surface area contributed by atoms with Crippen molar-refractivity contribution in [3.63, 3.8) is 0 Å². The summed E-state index contributed by atoms with van der Waals surface area (Å²) in [6.45, 7) is 11.3. The fraction of sp³-hybridized carbons (Fsp3) is 0.833. The molecule has 1 nitrogen and oxygen atoms in total. The molecule has 1 heteroatoms. The predicted molar refractivity (Wildman–Crippen MR) is 56.8 cm³/mol. The Morgan fingerprint density at radius 2 is 2.31 bits per heavy atom. The first-order valence-corrected chi connectivity index (χ1v) is 5.54. The van der Waals surface area contributed by atoms with Crippen LogP contribution in [0.15, 0.2) is 12.2 Å². The monoisotopic (exact) mass is 179 g/mol. The van der Waals surface area contributed by atoms with Crippen LogP contribution >= 0.6 is 0 Å². The van der Waals surface area contributed by atoms with E-state index >= 15 is 0 Å². The van der Waals surface area contributed by atoms with E-state index in [0.29, 0.717) is 5.54 Å². The highest BCUT2D eigenvalue weighted by Gasteiger charge is 2.45. The van der Waals surface area contributed by atoms with Gasteiger partial charge in [-0.2, -0.15) is 0 Å². The summed E-state index contributed by atoms with van der Waals surface area (Å²) in [6.07, 6.45) is 5.45. The third-order valence-corrected chi connectivity index (χ3v) is 3.52. The molecule has 74 valence electrons. The molecule has 0 aliphatic carbocycles. The van der Waals surface area contributed by atoms with Crippen molar-refractivity contribution in [2.45, 2.75) is 45.1 Å². The van der Waals surface area contributed by atoms with E-state index in [9.17, 15) is 0 Å². The van der Waals surface area contributed by atoms with Crippen LogP contribution in [0, 0.1) is 5.92 Å². The maximum atomic E-state index is 4.15. The van der Waals surface area contributed by atoms with Crippen molar-refractivity contribution >= 4 is 0 Å². The van der Waals surface area contributed by atoms with Gasteiger partial charge in [-0.3, -0.25) is 4.90 Å². The van der Waals surface area contributed by atoms with E-state index < -0.39 is 0 Å². The number of hydrogen-bond donors (Lipinski definition) is 0. The van der Waals surface area contributed by atoms with Crippen molar-refractivity contribution in [2.75, 3.05) is 13.1 Å². The lowest BCUT2D eigenvalue weighted by molar-refractivity contribution is 0.163. The Kier molecular flexibility index (Phi) is 2.23. The van der Waals surface area contributed by atoms with Crippen LogP contribution in [0.3, 0.4) is 0 Å². The number of hydrogen-bond acceptors (Lipinski definition) is 1. The van der Waals surface area contributed by atoms with Gasteiger partial charge in [0.15, 0.2) is 0 Å². The van der Waals surface area contributed by atoms with Crippen molar-refractivity contribution in [1.29, 1.82) is 0 Å². The van der Waals surface area contributed by atoms with Crippen LogP contribution in [0.1, 0.15) is 39.5 Å². The van der Waals surface area contributed by atoms with Crippen LogP contribution < -0.4 is 0 Å². The first-order valence-electron chi connectivity index (χ1n) is 5.54. The molecule has 2 aliphatic rings. The van der Waals surface area contributed by atoms with Crippen molar-refractivity contribution in [3.8, 4) is 0 Å². The zero-order valence-corrected chi connectivity index (χ0v) is 8.97. The Morgan fingerprint density at radius 3 is 3.00 bits per heavy atom. The number of fused-ring (bicyclic) bond motifs is 1. The van der Waals surface area contributed by atoms with Crippen molar-refractivity contribution in [1.82, 2.24) is 4.90 Å². The van der Waals surface area contributed by atoms with Gasteiger partial charge >= 0.3 is 0 Å². The van der Waals surface area contributed by atoms with Gasteiger partial charge in [0.05, 0.1) is 0 Å². The Hall–Kier alpha value is -0.300. The Labute approximate surface area is 81.8 Å². The second kappa shape index (κ2) is 3.13. The van der Waals surface area contributed by atoms with E-state index in [4.69, 9.17) is 0 Å². The topological polar surface area (TPSA) is 3.24 Å². The minimum Gasteiger partial charge on any atom is -0.293 e. The van der Waals surface area contributed by atoms with Crippen LogP contribution in [0.25, 0.3) is 0 Å². The quantitative estimate of drug-likeness (QED) is 0.589. The Bertz CT molecular complexity index is 219. The van der Waals surface area contributed by atoms with Crippen molar-refractivity contribution in [3.05, 3.63) is 12.2 Å². The summed E-state index contributed by atoms with van der Waals surface area (Å²) < 4.78 is 0. The van der Waals surface area contributed by atoms with Gasteiger partial charge in [-0.15, -0.1) is 0 Å². The predicted octanol–water partition coefficient (Wildman–Crippen LogP) is 2.83. The van der Waals surface area contributed by atoms with Gasteiger partial charge in [-0.05, 0) is 38.1 Å². The number of rotatable bonds is 2.